The minimum Gasteiger partial charge on any atom is -0.355 e. The van der Waals surface area contributed by atoms with Gasteiger partial charge in [-0.25, -0.2) is 0 Å². The normalized spacial score (nSPS) is 12.7. The first-order valence-corrected chi connectivity index (χ1v) is 8.44. The Morgan fingerprint density at radius 3 is 2.39 bits per heavy atom. The van der Waals surface area contributed by atoms with Gasteiger partial charge in [-0.05, 0) is 39.3 Å². The van der Waals surface area contributed by atoms with Crippen LogP contribution < -0.4 is 16.4 Å². The molecular formula is C16H26ClN3O2S. The summed E-state index contributed by atoms with van der Waals surface area (Å²) in [7, 11) is 0. The minimum absolute atomic E-state index is 0. The van der Waals surface area contributed by atoms with Crippen LogP contribution in [-0.4, -0.2) is 35.4 Å². The van der Waals surface area contributed by atoms with Crippen LogP contribution in [-0.2, 0) is 9.59 Å². The molecule has 0 aliphatic carbocycles. The monoisotopic (exact) mass is 359 g/mol. The predicted molar refractivity (Wildman–Crippen MR) is 100 cm³/mol. The maximum atomic E-state index is 11.8. The summed E-state index contributed by atoms with van der Waals surface area (Å²) in [6.07, 6.45) is 0.747. The van der Waals surface area contributed by atoms with Crippen molar-refractivity contribution in [1.29, 1.82) is 0 Å². The van der Waals surface area contributed by atoms with Gasteiger partial charge < -0.3 is 16.4 Å². The maximum absolute atomic E-state index is 11.8. The summed E-state index contributed by atoms with van der Waals surface area (Å²) in [6.45, 7) is 6.26. The van der Waals surface area contributed by atoms with E-state index in [0.717, 1.165) is 17.7 Å². The van der Waals surface area contributed by atoms with Crippen LogP contribution in [0.15, 0.2) is 24.3 Å². The van der Waals surface area contributed by atoms with Crippen LogP contribution in [0.2, 0.25) is 0 Å². The molecule has 5 nitrogen and oxygen atoms in total. The minimum atomic E-state index is -0.267. The zero-order valence-corrected chi connectivity index (χ0v) is 15.4. The number of hydrogen-bond donors (Lipinski definition) is 3. The molecule has 0 fully saturated rings. The fraction of sp³-hybridized carbons (Fsp3) is 0.500. The third-order valence-electron chi connectivity index (χ3n) is 3.07. The van der Waals surface area contributed by atoms with E-state index in [1.54, 1.807) is 6.92 Å². The van der Waals surface area contributed by atoms with Gasteiger partial charge in [0.2, 0.25) is 11.8 Å². The quantitative estimate of drug-likeness (QED) is 0.665. The summed E-state index contributed by atoms with van der Waals surface area (Å²) in [6, 6.07) is 7.68. The Labute approximate surface area is 148 Å². The average Bonchev–Trinajstić information content (AvgIpc) is 2.46. The number of amides is 2. The topological polar surface area (TPSA) is 84.2 Å². The van der Waals surface area contributed by atoms with Crippen molar-refractivity contribution in [1.82, 2.24) is 5.32 Å². The van der Waals surface area contributed by atoms with Gasteiger partial charge in [-0.1, -0.05) is 17.7 Å². The van der Waals surface area contributed by atoms with Gasteiger partial charge in [0.25, 0.3) is 0 Å². The lowest BCUT2D eigenvalue weighted by molar-refractivity contribution is -0.120. The van der Waals surface area contributed by atoms with Gasteiger partial charge in [0.1, 0.15) is 0 Å². The molecule has 2 atom stereocenters. The van der Waals surface area contributed by atoms with E-state index in [2.05, 4.69) is 10.6 Å². The highest BCUT2D eigenvalue weighted by atomic mass is 35.5. The summed E-state index contributed by atoms with van der Waals surface area (Å²) in [5.41, 5.74) is 7.54. The Morgan fingerprint density at radius 1 is 1.22 bits per heavy atom. The third kappa shape index (κ3) is 9.48. The fourth-order valence-corrected chi connectivity index (χ4v) is 2.39. The molecule has 0 aromatic heterocycles. The molecule has 0 saturated heterocycles. The highest BCUT2D eigenvalue weighted by molar-refractivity contribution is 8.01. The Kier molecular flexibility index (Phi) is 10.7. The molecule has 0 aliphatic heterocycles. The van der Waals surface area contributed by atoms with Crippen LogP contribution in [0.5, 0.6) is 0 Å². The van der Waals surface area contributed by atoms with Crippen LogP contribution in [0.25, 0.3) is 0 Å². The van der Waals surface area contributed by atoms with Gasteiger partial charge >= 0.3 is 0 Å². The first-order valence-electron chi connectivity index (χ1n) is 7.40. The van der Waals surface area contributed by atoms with Crippen molar-refractivity contribution in [3.05, 3.63) is 29.8 Å². The van der Waals surface area contributed by atoms with Crippen molar-refractivity contribution in [3.8, 4) is 0 Å². The molecule has 0 aliphatic rings. The molecule has 0 bridgehead atoms. The maximum Gasteiger partial charge on any atom is 0.234 e. The Hall–Kier alpha value is -1.24. The molecule has 7 heteroatoms. The molecule has 4 N–H and O–H groups in total. The predicted octanol–water partition coefficient (Wildman–Crippen LogP) is 2.33. The van der Waals surface area contributed by atoms with Crippen LogP contribution in [0.1, 0.15) is 25.8 Å². The second kappa shape index (κ2) is 11.3. The molecule has 2 unspecified atom stereocenters. The van der Waals surface area contributed by atoms with E-state index >= 15 is 0 Å². The van der Waals surface area contributed by atoms with Gasteiger partial charge in [0.05, 0.1) is 11.0 Å². The van der Waals surface area contributed by atoms with Gasteiger partial charge in [0, 0.05) is 18.3 Å². The largest absolute Gasteiger partial charge is 0.355 e. The van der Waals surface area contributed by atoms with E-state index in [1.165, 1.54) is 11.8 Å². The number of nitrogens with two attached hydrogens (primary N) is 1. The number of carbonyl (C=O) groups is 2. The molecule has 1 aromatic carbocycles. The van der Waals surface area contributed by atoms with Crippen molar-refractivity contribution >= 4 is 41.7 Å². The second-order valence-corrected chi connectivity index (χ2v) is 6.75. The second-order valence-electron chi connectivity index (χ2n) is 5.42. The number of thioether (sulfide) groups is 1. The summed E-state index contributed by atoms with van der Waals surface area (Å²) >= 11 is 1.32. The molecule has 0 heterocycles. The van der Waals surface area contributed by atoms with E-state index in [1.807, 2.05) is 38.1 Å². The molecule has 1 rings (SSSR count). The van der Waals surface area contributed by atoms with Crippen LogP contribution in [0, 0.1) is 6.92 Å². The summed E-state index contributed by atoms with van der Waals surface area (Å²) in [4.78, 5) is 23.7. The molecule has 0 radical (unpaired) electrons. The van der Waals surface area contributed by atoms with Crippen molar-refractivity contribution in [3.63, 3.8) is 0 Å². The number of halogens is 1. The number of aryl methyl sites for hydroxylation is 1. The number of anilines is 1. The van der Waals surface area contributed by atoms with Crippen LogP contribution >= 0.6 is 24.2 Å². The third-order valence-corrected chi connectivity index (χ3v) is 4.21. The molecule has 0 saturated carbocycles. The Morgan fingerprint density at radius 2 is 1.83 bits per heavy atom. The SMILES string of the molecule is Cc1ccc(NC(=O)CSC(C)C(=O)NCCC(C)N)cc1.Cl. The Bertz CT molecular complexity index is 495. The molecule has 130 valence electrons. The molecule has 0 spiro atoms. The highest BCUT2D eigenvalue weighted by Gasteiger charge is 2.15. The van der Waals surface area contributed by atoms with Crippen LogP contribution in [0.4, 0.5) is 5.69 Å². The zero-order valence-electron chi connectivity index (χ0n) is 13.8. The van der Waals surface area contributed by atoms with E-state index in [9.17, 15) is 9.59 Å². The Balaban J connectivity index is 0.00000484. The molecule has 2 amide bonds. The summed E-state index contributed by atoms with van der Waals surface area (Å²) < 4.78 is 0. The average molecular weight is 360 g/mol. The zero-order chi connectivity index (χ0) is 16.5. The lowest BCUT2D eigenvalue weighted by Crippen LogP contribution is -2.34. The fourth-order valence-electron chi connectivity index (χ4n) is 1.68. The van der Waals surface area contributed by atoms with Gasteiger partial charge in [-0.2, -0.15) is 0 Å². The number of hydrogen-bond acceptors (Lipinski definition) is 4. The molecule has 1 aromatic rings. The van der Waals surface area contributed by atoms with Crippen molar-refractivity contribution in [2.45, 2.75) is 38.5 Å². The lowest BCUT2D eigenvalue weighted by Gasteiger charge is -2.13. The van der Waals surface area contributed by atoms with Gasteiger partial charge in [-0.15, -0.1) is 24.2 Å². The summed E-state index contributed by atoms with van der Waals surface area (Å²) in [5, 5.41) is 5.37. The summed E-state index contributed by atoms with van der Waals surface area (Å²) in [5.74, 6) is 0.0771. The van der Waals surface area contributed by atoms with Crippen LogP contribution in [0.3, 0.4) is 0 Å². The molecule has 23 heavy (non-hydrogen) atoms. The van der Waals surface area contributed by atoms with Crippen molar-refractivity contribution in [2.24, 2.45) is 5.73 Å². The molecular weight excluding hydrogens is 334 g/mol. The van der Waals surface area contributed by atoms with Crippen molar-refractivity contribution in [2.75, 3.05) is 17.6 Å². The van der Waals surface area contributed by atoms with Gasteiger partial charge in [0.15, 0.2) is 0 Å². The smallest absolute Gasteiger partial charge is 0.234 e. The lowest BCUT2D eigenvalue weighted by atomic mass is 10.2. The standard InChI is InChI=1S/C16H25N3O2S.ClH/c1-11-4-6-14(7-5-11)19-15(20)10-22-13(3)16(21)18-9-8-12(2)17;/h4-7,12-13H,8-10,17H2,1-3H3,(H,18,21)(H,19,20);1H. The first kappa shape index (κ1) is 21.8. The first-order chi connectivity index (χ1) is 10.4. The van der Waals surface area contributed by atoms with E-state index < -0.39 is 0 Å². The number of rotatable bonds is 8. The van der Waals surface area contributed by atoms with E-state index in [-0.39, 0.29) is 41.3 Å². The van der Waals surface area contributed by atoms with Gasteiger partial charge in [-0.3, -0.25) is 9.59 Å². The number of nitrogens with one attached hydrogen (secondary N) is 2. The van der Waals surface area contributed by atoms with Crippen molar-refractivity contribution < 1.29 is 9.59 Å². The highest BCUT2D eigenvalue weighted by Crippen LogP contribution is 2.13. The van der Waals surface area contributed by atoms with E-state index in [4.69, 9.17) is 5.73 Å². The number of benzene rings is 1. The van der Waals surface area contributed by atoms with E-state index in [0.29, 0.717) is 6.54 Å². The number of carbonyl (C=O) groups excluding carboxylic acids is 2.